The molecule has 0 fully saturated rings. The van der Waals surface area contributed by atoms with E-state index >= 15 is 0 Å². The molecule has 0 unspecified atom stereocenters. The molecule has 0 saturated carbocycles. The highest BCUT2D eigenvalue weighted by Crippen LogP contribution is 2.39. The first-order chi connectivity index (χ1) is 14.2. The van der Waals surface area contributed by atoms with E-state index < -0.39 is 0 Å². The van der Waals surface area contributed by atoms with Crippen molar-refractivity contribution in [3.8, 4) is 22.3 Å². The summed E-state index contributed by atoms with van der Waals surface area (Å²) in [6.07, 6.45) is 1.57. The monoisotopic (exact) mass is 378 g/mol. The molecule has 2 nitrogen and oxygen atoms in total. The van der Waals surface area contributed by atoms with Crippen LogP contribution in [0.1, 0.15) is 15.9 Å². The summed E-state index contributed by atoms with van der Waals surface area (Å²) < 4.78 is 5.25. The molecule has 0 aliphatic carbocycles. The molecule has 29 heavy (non-hydrogen) atoms. The highest BCUT2D eigenvalue weighted by molar-refractivity contribution is 6.05. The summed E-state index contributed by atoms with van der Waals surface area (Å²) in [4.78, 5) is 12.4. The van der Waals surface area contributed by atoms with Crippen molar-refractivity contribution in [3.63, 3.8) is 0 Å². The third kappa shape index (κ3) is 3.70. The summed E-state index contributed by atoms with van der Waals surface area (Å²) in [5.74, 6) is -0.340. The third-order valence-electron chi connectivity index (χ3n) is 5.09. The van der Waals surface area contributed by atoms with E-state index in [2.05, 4.69) is 56.0 Å². The molecule has 0 spiro atoms. The Labute approximate surface area is 171 Å². The zero-order valence-corrected chi connectivity index (χ0v) is 16.4. The number of hydrogen-bond donors (Lipinski definition) is 0. The van der Waals surface area contributed by atoms with Crippen LogP contribution in [0.5, 0.6) is 0 Å². The maximum absolute atomic E-state index is 12.4. The Morgan fingerprint density at radius 2 is 1.66 bits per heavy atom. The SMILES string of the molecule is C=CCOC(=O)c1ccc(C)c(-c2c(-c3ccccc3)ccc3ccccc23)c1. The minimum atomic E-state index is -0.340. The Morgan fingerprint density at radius 1 is 0.897 bits per heavy atom. The number of benzene rings is 4. The molecule has 0 N–H and O–H groups in total. The Bertz CT molecular complexity index is 1190. The highest BCUT2D eigenvalue weighted by Gasteiger charge is 2.16. The highest BCUT2D eigenvalue weighted by atomic mass is 16.5. The molecule has 4 aromatic rings. The van der Waals surface area contributed by atoms with Crippen molar-refractivity contribution in [2.75, 3.05) is 6.61 Å². The van der Waals surface area contributed by atoms with Gasteiger partial charge in [0.2, 0.25) is 0 Å². The predicted molar refractivity (Wildman–Crippen MR) is 120 cm³/mol. The third-order valence-corrected chi connectivity index (χ3v) is 5.09. The van der Waals surface area contributed by atoms with E-state index in [-0.39, 0.29) is 12.6 Å². The van der Waals surface area contributed by atoms with Gasteiger partial charge >= 0.3 is 5.97 Å². The molecule has 0 bridgehead atoms. The Kier molecular flexibility index (Phi) is 5.26. The van der Waals surface area contributed by atoms with E-state index in [0.29, 0.717) is 5.56 Å². The smallest absolute Gasteiger partial charge is 0.338 e. The van der Waals surface area contributed by atoms with Crippen molar-refractivity contribution < 1.29 is 9.53 Å². The fourth-order valence-corrected chi connectivity index (χ4v) is 3.66. The van der Waals surface area contributed by atoms with Gasteiger partial charge in [-0.2, -0.15) is 0 Å². The summed E-state index contributed by atoms with van der Waals surface area (Å²) in [6, 6.07) is 28.7. The van der Waals surface area contributed by atoms with E-state index in [4.69, 9.17) is 4.74 Å². The summed E-state index contributed by atoms with van der Waals surface area (Å²) in [5.41, 5.74) is 6.10. The van der Waals surface area contributed by atoms with Crippen molar-refractivity contribution in [3.05, 3.63) is 109 Å². The quantitative estimate of drug-likeness (QED) is 0.281. The number of carbonyl (C=O) groups excluding carboxylic acids is 1. The molecule has 0 aromatic heterocycles. The van der Waals surface area contributed by atoms with Gasteiger partial charge in [0.05, 0.1) is 5.56 Å². The first-order valence-electron chi connectivity index (χ1n) is 9.65. The van der Waals surface area contributed by atoms with Crippen LogP contribution in [0.15, 0.2) is 97.6 Å². The van der Waals surface area contributed by atoms with E-state index in [1.165, 1.54) is 5.39 Å². The molecule has 0 radical (unpaired) electrons. The molecular weight excluding hydrogens is 356 g/mol. The largest absolute Gasteiger partial charge is 0.458 e. The average molecular weight is 378 g/mol. The zero-order chi connectivity index (χ0) is 20.2. The standard InChI is InChI=1S/C27H22O2/c1-3-17-29-27(28)22-14-13-19(2)25(18-22)26-23-12-8-7-11-21(23)15-16-24(26)20-9-5-4-6-10-20/h3-16,18H,1,17H2,2H3. The minimum Gasteiger partial charge on any atom is -0.458 e. The van der Waals surface area contributed by atoms with E-state index in [9.17, 15) is 4.79 Å². The fraction of sp³-hybridized carbons (Fsp3) is 0.0741. The number of carbonyl (C=O) groups is 1. The van der Waals surface area contributed by atoms with Crippen LogP contribution in [0.2, 0.25) is 0 Å². The number of aryl methyl sites for hydroxylation is 1. The minimum absolute atomic E-state index is 0.200. The van der Waals surface area contributed by atoms with E-state index in [1.54, 1.807) is 6.08 Å². The topological polar surface area (TPSA) is 26.3 Å². The molecule has 2 heteroatoms. The summed E-state index contributed by atoms with van der Waals surface area (Å²) in [5, 5.41) is 2.33. The van der Waals surface area contributed by atoms with Gasteiger partial charge in [0.25, 0.3) is 0 Å². The van der Waals surface area contributed by atoms with Crippen LogP contribution in [0.4, 0.5) is 0 Å². The average Bonchev–Trinajstić information content (AvgIpc) is 2.77. The van der Waals surface area contributed by atoms with Gasteiger partial charge in [-0.25, -0.2) is 4.79 Å². The lowest BCUT2D eigenvalue weighted by Crippen LogP contribution is -2.05. The molecule has 4 aromatic carbocycles. The number of ether oxygens (including phenoxy) is 1. The lowest BCUT2D eigenvalue weighted by atomic mass is 9.87. The first kappa shape index (κ1) is 18.7. The van der Waals surface area contributed by atoms with Gasteiger partial charge < -0.3 is 4.74 Å². The van der Waals surface area contributed by atoms with Crippen molar-refractivity contribution in [2.45, 2.75) is 6.92 Å². The van der Waals surface area contributed by atoms with Crippen LogP contribution in [-0.2, 0) is 4.74 Å². The van der Waals surface area contributed by atoms with Gasteiger partial charge in [-0.15, -0.1) is 0 Å². The lowest BCUT2D eigenvalue weighted by molar-refractivity contribution is 0.0550. The van der Waals surface area contributed by atoms with Gasteiger partial charge in [-0.1, -0.05) is 85.5 Å². The van der Waals surface area contributed by atoms with Gasteiger partial charge in [0.15, 0.2) is 0 Å². The van der Waals surface area contributed by atoms with Crippen LogP contribution < -0.4 is 0 Å². The summed E-state index contributed by atoms with van der Waals surface area (Å²) in [6.45, 7) is 5.88. The second kappa shape index (κ2) is 8.15. The van der Waals surface area contributed by atoms with Crippen molar-refractivity contribution in [2.24, 2.45) is 0 Å². The van der Waals surface area contributed by atoms with Crippen LogP contribution in [0.25, 0.3) is 33.0 Å². The molecule has 0 aliphatic heterocycles. The lowest BCUT2D eigenvalue weighted by Gasteiger charge is -2.17. The summed E-state index contributed by atoms with van der Waals surface area (Å²) >= 11 is 0. The normalized spacial score (nSPS) is 10.7. The van der Waals surface area contributed by atoms with E-state index in [0.717, 1.165) is 33.2 Å². The van der Waals surface area contributed by atoms with Crippen molar-refractivity contribution in [1.29, 1.82) is 0 Å². The molecule has 0 heterocycles. The Morgan fingerprint density at radius 3 is 2.45 bits per heavy atom. The van der Waals surface area contributed by atoms with Gasteiger partial charge in [-0.05, 0) is 57.6 Å². The van der Waals surface area contributed by atoms with Crippen molar-refractivity contribution in [1.82, 2.24) is 0 Å². The van der Waals surface area contributed by atoms with Gasteiger partial charge in [0.1, 0.15) is 6.61 Å². The molecule has 142 valence electrons. The van der Waals surface area contributed by atoms with Gasteiger partial charge in [0, 0.05) is 0 Å². The molecule has 4 rings (SSSR count). The van der Waals surface area contributed by atoms with Crippen LogP contribution in [0, 0.1) is 6.92 Å². The number of fused-ring (bicyclic) bond motifs is 1. The molecule has 0 aliphatic rings. The van der Waals surface area contributed by atoms with E-state index in [1.807, 2.05) is 42.5 Å². The van der Waals surface area contributed by atoms with Crippen LogP contribution in [0.3, 0.4) is 0 Å². The molecular formula is C27H22O2. The maximum Gasteiger partial charge on any atom is 0.338 e. The van der Waals surface area contributed by atoms with Crippen molar-refractivity contribution >= 4 is 16.7 Å². The number of rotatable bonds is 5. The second-order valence-corrected chi connectivity index (χ2v) is 6.99. The zero-order valence-electron chi connectivity index (χ0n) is 16.4. The predicted octanol–water partition coefficient (Wildman–Crippen LogP) is 6.83. The molecule has 0 atom stereocenters. The number of hydrogen-bond acceptors (Lipinski definition) is 2. The second-order valence-electron chi connectivity index (χ2n) is 6.99. The molecule has 0 amide bonds. The Balaban J connectivity index is 1.98. The van der Waals surface area contributed by atoms with Gasteiger partial charge in [-0.3, -0.25) is 0 Å². The van der Waals surface area contributed by atoms with Crippen LogP contribution in [-0.4, -0.2) is 12.6 Å². The fourth-order valence-electron chi connectivity index (χ4n) is 3.66. The number of esters is 1. The maximum atomic E-state index is 12.4. The summed E-state index contributed by atoms with van der Waals surface area (Å²) in [7, 11) is 0. The molecule has 0 saturated heterocycles. The Hall–Kier alpha value is -3.65. The van der Waals surface area contributed by atoms with Crippen LogP contribution >= 0.6 is 0 Å². The first-order valence-corrected chi connectivity index (χ1v) is 9.65.